The van der Waals surface area contributed by atoms with Gasteiger partial charge in [0.2, 0.25) is 10.0 Å². The summed E-state index contributed by atoms with van der Waals surface area (Å²) < 4.78 is 26.4. The van der Waals surface area contributed by atoms with Crippen LogP contribution in [-0.4, -0.2) is 20.7 Å². The van der Waals surface area contributed by atoms with Crippen molar-refractivity contribution in [3.8, 4) is 0 Å². The summed E-state index contributed by atoms with van der Waals surface area (Å²) in [7, 11) is -3.22. The van der Waals surface area contributed by atoms with E-state index in [1.54, 1.807) is 6.07 Å². The summed E-state index contributed by atoms with van der Waals surface area (Å²) in [6.45, 7) is 5.53. The lowest BCUT2D eigenvalue weighted by molar-refractivity contribution is 0.597. The standard InChI is InChI=1S/C13H22N2O2S/c1-3-5-10-18(16,17)15-13-9-7-6-8-12(13)11-14-4-2/h6-9,14-15H,3-5,10-11H2,1-2H3. The van der Waals surface area contributed by atoms with E-state index in [9.17, 15) is 8.42 Å². The van der Waals surface area contributed by atoms with E-state index in [1.165, 1.54) is 0 Å². The molecule has 0 saturated heterocycles. The van der Waals surface area contributed by atoms with Gasteiger partial charge in [0.25, 0.3) is 0 Å². The largest absolute Gasteiger partial charge is 0.313 e. The van der Waals surface area contributed by atoms with E-state index < -0.39 is 10.0 Å². The number of sulfonamides is 1. The molecule has 0 fully saturated rings. The molecule has 0 unspecified atom stereocenters. The molecule has 0 aliphatic carbocycles. The average molecular weight is 270 g/mol. The van der Waals surface area contributed by atoms with Crippen LogP contribution in [0, 0.1) is 0 Å². The Labute approximate surface area is 110 Å². The van der Waals surface area contributed by atoms with Gasteiger partial charge in [0.05, 0.1) is 11.4 Å². The van der Waals surface area contributed by atoms with E-state index >= 15 is 0 Å². The Balaban J connectivity index is 2.77. The topological polar surface area (TPSA) is 58.2 Å². The molecule has 18 heavy (non-hydrogen) atoms. The fourth-order valence-electron chi connectivity index (χ4n) is 1.59. The van der Waals surface area contributed by atoms with E-state index in [0.717, 1.165) is 18.5 Å². The SMILES string of the molecule is CCCCS(=O)(=O)Nc1ccccc1CNCC. The number of benzene rings is 1. The van der Waals surface area contributed by atoms with Gasteiger partial charge in [0.15, 0.2) is 0 Å². The predicted octanol–water partition coefficient (Wildman–Crippen LogP) is 2.34. The highest BCUT2D eigenvalue weighted by molar-refractivity contribution is 7.92. The van der Waals surface area contributed by atoms with Gasteiger partial charge in [0.1, 0.15) is 0 Å². The minimum atomic E-state index is -3.22. The number of anilines is 1. The van der Waals surface area contributed by atoms with E-state index in [4.69, 9.17) is 0 Å². The maximum absolute atomic E-state index is 11.9. The van der Waals surface area contributed by atoms with Crippen LogP contribution in [0.15, 0.2) is 24.3 Å². The normalized spacial score (nSPS) is 11.4. The van der Waals surface area contributed by atoms with Crippen molar-refractivity contribution < 1.29 is 8.42 Å². The number of nitrogens with one attached hydrogen (secondary N) is 2. The zero-order valence-corrected chi connectivity index (χ0v) is 11.9. The number of para-hydroxylation sites is 1. The maximum Gasteiger partial charge on any atom is 0.232 e. The monoisotopic (exact) mass is 270 g/mol. The van der Waals surface area contributed by atoms with Crippen molar-refractivity contribution in [2.75, 3.05) is 17.0 Å². The average Bonchev–Trinajstić information content (AvgIpc) is 2.35. The van der Waals surface area contributed by atoms with Gasteiger partial charge in [0, 0.05) is 6.54 Å². The third-order valence-corrected chi connectivity index (χ3v) is 3.97. The molecule has 5 heteroatoms. The Bertz CT molecular complexity index is 458. The van der Waals surface area contributed by atoms with Crippen molar-refractivity contribution in [2.45, 2.75) is 33.2 Å². The van der Waals surface area contributed by atoms with Crippen LogP contribution >= 0.6 is 0 Å². The van der Waals surface area contributed by atoms with Gasteiger partial charge in [-0.15, -0.1) is 0 Å². The Morgan fingerprint density at radius 3 is 2.56 bits per heavy atom. The summed E-state index contributed by atoms with van der Waals surface area (Å²) >= 11 is 0. The first-order chi connectivity index (χ1) is 8.59. The molecular weight excluding hydrogens is 248 g/mol. The smallest absolute Gasteiger partial charge is 0.232 e. The Morgan fingerprint density at radius 1 is 1.17 bits per heavy atom. The van der Waals surface area contributed by atoms with E-state index in [0.29, 0.717) is 18.7 Å². The van der Waals surface area contributed by atoms with Crippen LogP contribution in [0.5, 0.6) is 0 Å². The summed E-state index contributed by atoms with van der Waals surface area (Å²) in [5.41, 5.74) is 1.65. The number of rotatable bonds is 8. The highest BCUT2D eigenvalue weighted by Gasteiger charge is 2.11. The molecule has 4 nitrogen and oxygen atoms in total. The fourth-order valence-corrected chi connectivity index (χ4v) is 2.89. The van der Waals surface area contributed by atoms with Crippen molar-refractivity contribution in [1.29, 1.82) is 0 Å². The molecular formula is C13H22N2O2S. The molecule has 0 atom stereocenters. The zero-order chi connectivity index (χ0) is 13.4. The molecule has 0 bridgehead atoms. The molecule has 2 N–H and O–H groups in total. The van der Waals surface area contributed by atoms with E-state index in [2.05, 4.69) is 10.0 Å². The minimum Gasteiger partial charge on any atom is -0.313 e. The fraction of sp³-hybridized carbons (Fsp3) is 0.538. The summed E-state index contributed by atoms with van der Waals surface area (Å²) in [6, 6.07) is 7.49. The zero-order valence-electron chi connectivity index (χ0n) is 11.1. The van der Waals surface area contributed by atoms with Crippen LogP contribution in [0.4, 0.5) is 5.69 Å². The van der Waals surface area contributed by atoms with Crippen LogP contribution in [0.2, 0.25) is 0 Å². The molecule has 102 valence electrons. The molecule has 1 aromatic rings. The van der Waals surface area contributed by atoms with E-state index in [1.807, 2.05) is 32.0 Å². The number of unbranched alkanes of at least 4 members (excludes halogenated alkanes) is 1. The molecule has 0 spiro atoms. The second-order valence-corrected chi connectivity index (χ2v) is 6.05. The second-order valence-electron chi connectivity index (χ2n) is 4.21. The summed E-state index contributed by atoms with van der Waals surface area (Å²) in [5.74, 6) is 0.180. The van der Waals surface area contributed by atoms with Crippen molar-refractivity contribution in [3.63, 3.8) is 0 Å². The molecule has 0 aromatic heterocycles. The molecule has 0 aliphatic rings. The van der Waals surface area contributed by atoms with Gasteiger partial charge in [-0.2, -0.15) is 0 Å². The summed E-state index contributed by atoms with van der Waals surface area (Å²) in [4.78, 5) is 0. The first-order valence-electron chi connectivity index (χ1n) is 6.38. The Hall–Kier alpha value is -1.07. The van der Waals surface area contributed by atoms with Crippen LogP contribution in [0.1, 0.15) is 32.3 Å². The Morgan fingerprint density at radius 2 is 1.89 bits per heavy atom. The third kappa shape index (κ3) is 5.06. The van der Waals surface area contributed by atoms with Crippen molar-refractivity contribution in [2.24, 2.45) is 0 Å². The predicted molar refractivity (Wildman–Crippen MR) is 76.1 cm³/mol. The molecule has 1 aromatic carbocycles. The maximum atomic E-state index is 11.9. The van der Waals surface area contributed by atoms with Crippen molar-refractivity contribution >= 4 is 15.7 Å². The molecule has 0 aliphatic heterocycles. The lowest BCUT2D eigenvalue weighted by Crippen LogP contribution is -2.19. The third-order valence-electron chi connectivity index (χ3n) is 2.61. The van der Waals surface area contributed by atoms with Gasteiger partial charge in [-0.1, -0.05) is 38.5 Å². The van der Waals surface area contributed by atoms with E-state index in [-0.39, 0.29) is 5.75 Å². The minimum absolute atomic E-state index is 0.180. The van der Waals surface area contributed by atoms with Gasteiger partial charge < -0.3 is 5.32 Å². The lowest BCUT2D eigenvalue weighted by atomic mass is 10.2. The lowest BCUT2D eigenvalue weighted by Gasteiger charge is -2.12. The highest BCUT2D eigenvalue weighted by atomic mass is 32.2. The molecule has 0 heterocycles. The number of hydrogen-bond donors (Lipinski definition) is 2. The molecule has 0 saturated carbocycles. The highest BCUT2D eigenvalue weighted by Crippen LogP contribution is 2.16. The molecule has 0 radical (unpaired) electrons. The summed E-state index contributed by atoms with van der Waals surface area (Å²) in [5, 5.41) is 3.20. The number of hydrogen-bond acceptors (Lipinski definition) is 3. The van der Waals surface area contributed by atoms with Gasteiger partial charge in [-0.3, -0.25) is 4.72 Å². The van der Waals surface area contributed by atoms with Crippen LogP contribution in [0.25, 0.3) is 0 Å². The van der Waals surface area contributed by atoms with Crippen LogP contribution < -0.4 is 10.0 Å². The first-order valence-corrected chi connectivity index (χ1v) is 8.03. The van der Waals surface area contributed by atoms with Crippen molar-refractivity contribution in [1.82, 2.24) is 5.32 Å². The Kier molecular flexibility index (Phi) is 6.15. The molecule has 1 rings (SSSR count). The van der Waals surface area contributed by atoms with Crippen LogP contribution in [-0.2, 0) is 16.6 Å². The van der Waals surface area contributed by atoms with Gasteiger partial charge in [-0.25, -0.2) is 8.42 Å². The quantitative estimate of drug-likeness (QED) is 0.762. The summed E-state index contributed by atoms with van der Waals surface area (Å²) in [6.07, 6.45) is 1.56. The van der Waals surface area contributed by atoms with Gasteiger partial charge in [-0.05, 0) is 24.6 Å². The van der Waals surface area contributed by atoms with Gasteiger partial charge >= 0.3 is 0 Å². The first kappa shape index (κ1) is 15.0. The van der Waals surface area contributed by atoms with Crippen molar-refractivity contribution in [3.05, 3.63) is 29.8 Å². The second kappa shape index (κ2) is 7.38. The molecule has 0 amide bonds. The van der Waals surface area contributed by atoms with Crippen LogP contribution in [0.3, 0.4) is 0 Å².